The number of hydrogen-bond acceptors (Lipinski definition) is 6. The van der Waals surface area contributed by atoms with Gasteiger partial charge in [0.2, 0.25) is 5.95 Å². The summed E-state index contributed by atoms with van der Waals surface area (Å²) >= 11 is 0. The predicted octanol–water partition coefficient (Wildman–Crippen LogP) is 2.81. The van der Waals surface area contributed by atoms with E-state index in [1.807, 2.05) is 36.5 Å². The molecular weight excluding hydrogens is 316 g/mol. The maximum atomic E-state index is 5.91. The molecule has 3 N–H and O–H groups in total. The molecule has 0 radical (unpaired) electrons. The number of hydrogen-bond donors (Lipinski definition) is 3. The average molecular weight is 334 g/mol. The van der Waals surface area contributed by atoms with Gasteiger partial charge < -0.3 is 15.1 Å². The number of nitrogens with one attached hydrogen (secondary N) is 3. The van der Waals surface area contributed by atoms with Gasteiger partial charge in [0.15, 0.2) is 5.76 Å². The lowest BCUT2D eigenvalue weighted by Gasteiger charge is -2.06. The van der Waals surface area contributed by atoms with Crippen molar-refractivity contribution in [1.29, 1.82) is 0 Å². The number of H-pyrrole nitrogens is 1. The molecule has 0 spiro atoms. The molecule has 7 heteroatoms. The Hall–Kier alpha value is -3.19. The first kappa shape index (κ1) is 15.3. The Morgan fingerprint density at radius 1 is 1.04 bits per heavy atom. The summed E-state index contributed by atoms with van der Waals surface area (Å²) in [4.78, 5) is 8.25. The summed E-state index contributed by atoms with van der Waals surface area (Å²) in [6.45, 7) is 2.21. The monoisotopic (exact) mass is 334 g/mol. The van der Waals surface area contributed by atoms with E-state index in [0.717, 1.165) is 41.1 Å². The fourth-order valence-corrected chi connectivity index (χ4v) is 2.64. The van der Waals surface area contributed by atoms with Gasteiger partial charge in [-0.15, -0.1) is 0 Å². The third-order valence-corrected chi connectivity index (χ3v) is 3.86. The molecule has 0 bridgehead atoms. The highest BCUT2D eigenvalue weighted by Crippen LogP contribution is 2.28. The highest BCUT2D eigenvalue weighted by molar-refractivity contribution is 5.82. The van der Waals surface area contributed by atoms with Crippen molar-refractivity contribution >= 4 is 16.9 Å². The zero-order valence-corrected chi connectivity index (χ0v) is 13.6. The molecule has 3 aromatic heterocycles. The number of aromatic amines is 1. The Morgan fingerprint density at radius 3 is 2.80 bits per heavy atom. The van der Waals surface area contributed by atoms with Crippen LogP contribution in [0.5, 0.6) is 0 Å². The minimum atomic E-state index is 0.635. The normalized spacial score (nSPS) is 11.0. The van der Waals surface area contributed by atoms with E-state index in [2.05, 4.69) is 30.8 Å². The van der Waals surface area contributed by atoms with Crippen LogP contribution in [0.3, 0.4) is 0 Å². The fourth-order valence-electron chi connectivity index (χ4n) is 2.64. The van der Waals surface area contributed by atoms with Gasteiger partial charge >= 0.3 is 0 Å². The fraction of sp³-hybridized carbons (Fsp3) is 0.167. The second-order valence-corrected chi connectivity index (χ2v) is 5.59. The van der Waals surface area contributed by atoms with Crippen LogP contribution in [0.25, 0.3) is 22.4 Å². The SMILES string of the molecule is c1cnc(NCCNCc2cn[nH]c2-c2cc3ccccc3o2)nc1. The second kappa shape index (κ2) is 7.14. The van der Waals surface area contributed by atoms with Crippen molar-refractivity contribution in [2.24, 2.45) is 0 Å². The zero-order chi connectivity index (χ0) is 16.9. The summed E-state index contributed by atoms with van der Waals surface area (Å²) < 4.78 is 5.91. The summed E-state index contributed by atoms with van der Waals surface area (Å²) in [5.74, 6) is 1.43. The topological polar surface area (TPSA) is 91.7 Å². The largest absolute Gasteiger partial charge is 0.454 e. The number of para-hydroxylation sites is 1. The van der Waals surface area contributed by atoms with Gasteiger partial charge in [0.1, 0.15) is 11.3 Å². The van der Waals surface area contributed by atoms with E-state index in [1.54, 1.807) is 18.5 Å². The lowest BCUT2D eigenvalue weighted by atomic mass is 10.2. The lowest BCUT2D eigenvalue weighted by Crippen LogP contribution is -2.22. The third-order valence-electron chi connectivity index (χ3n) is 3.86. The quantitative estimate of drug-likeness (QED) is 0.450. The minimum Gasteiger partial charge on any atom is -0.454 e. The molecule has 0 aliphatic carbocycles. The lowest BCUT2D eigenvalue weighted by molar-refractivity contribution is 0.625. The molecule has 126 valence electrons. The number of furan rings is 1. The molecule has 4 aromatic rings. The molecule has 0 aliphatic rings. The van der Waals surface area contributed by atoms with Gasteiger partial charge in [0.25, 0.3) is 0 Å². The number of benzene rings is 1. The summed E-state index contributed by atoms with van der Waals surface area (Å²) in [5.41, 5.74) is 2.84. The van der Waals surface area contributed by atoms with E-state index in [4.69, 9.17) is 4.42 Å². The number of aromatic nitrogens is 4. The Kier molecular flexibility index (Phi) is 4.38. The highest BCUT2D eigenvalue weighted by atomic mass is 16.3. The van der Waals surface area contributed by atoms with Gasteiger partial charge in [0, 0.05) is 43.0 Å². The summed E-state index contributed by atoms with van der Waals surface area (Å²) in [5, 5.41) is 14.8. The Morgan fingerprint density at radius 2 is 1.92 bits per heavy atom. The van der Waals surface area contributed by atoms with E-state index in [-0.39, 0.29) is 0 Å². The van der Waals surface area contributed by atoms with E-state index in [1.165, 1.54) is 0 Å². The highest BCUT2D eigenvalue weighted by Gasteiger charge is 2.12. The molecule has 0 saturated heterocycles. The third kappa shape index (κ3) is 3.51. The molecule has 1 aromatic carbocycles. The number of fused-ring (bicyclic) bond motifs is 1. The van der Waals surface area contributed by atoms with Crippen LogP contribution in [0.4, 0.5) is 5.95 Å². The standard InChI is InChI=1S/C18H18N6O/c1-2-5-15-13(4-1)10-16(25-15)17-14(12-23-24-17)11-19-8-9-22-18-20-6-3-7-21-18/h1-7,10,12,19H,8-9,11H2,(H,23,24)(H,20,21,22). The van der Waals surface area contributed by atoms with Crippen LogP contribution in [0, 0.1) is 0 Å². The maximum absolute atomic E-state index is 5.91. The number of nitrogens with zero attached hydrogens (tertiary/aromatic N) is 3. The van der Waals surface area contributed by atoms with Crippen molar-refractivity contribution in [1.82, 2.24) is 25.5 Å². The molecule has 0 saturated carbocycles. The molecule has 0 unspecified atom stereocenters. The van der Waals surface area contributed by atoms with Gasteiger partial charge in [-0.2, -0.15) is 5.10 Å². The van der Waals surface area contributed by atoms with Crippen molar-refractivity contribution in [2.75, 3.05) is 18.4 Å². The average Bonchev–Trinajstić information content (AvgIpc) is 3.28. The smallest absolute Gasteiger partial charge is 0.222 e. The maximum Gasteiger partial charge on any atom is 0.222 e. The van der Waals surface area contributed by atoms with Gasteiger partial charge in [-0.1, -0.05) is 18.2 Å². The van der Waals surface area contributed by atoms with Crippen molar-refractivity contribution in [3.05, 3.63) is 60.6 Å². The first-order chi connectivity index (χ1) is 12.4. The Labute approximate surface area is 144 Å². The van der Waals surface area contributed by atoms with Gasteiger partial charge in [-0.05, 0) is 18.2 Å². The predicted molar refractivity (Wildman–Crippen MR) is 96.0 cm³/mol. The van der Waals surface area contributed by atoms with Crippen LogP contribution >= 0.6 is 0 Å². The molecule has 0 aliphatic heterocycles. The summed E-state index contributed by atoms with van der Waals surface area (Å²) in [6.07, 6.45) is 5.25. The molecule has 0 fully saturated rings. The van der Waals surface area contributed by atoms with Gasteiger partial charge in [-0.3, -0.25) is 5.10 Å². The van der Waals surface area contributed by atoms with Crippen LogP contribution in [0.1, 0.15) is 5.56 Å². The molecule has 7 nitrogen and oxygen atoms in total. The Balaban J connectivity index is 1.35. The Bertz CT molecular complexity index is 913. The van der Waals surface area contributed by atoms with Crippen LogP contribution in [-0.2, 0) is 6.54 Å². The molecule has 0 amide bonds. The first-order valence-electron chi connectivity index (χ1n) is 8.13. The summed E-state index contributed by atoms with van der Waals surface area (Å²) in [6, 6.07) is 11.8. The van der Waals surface area contributed by atoms with Crippen LogP contribution < -0.4 is 10.6 Å². The van der Waals surface area contributed by atoms with Crippen LogP contribution in [0.2, 0.25) is 0 Å². The second-order valence-electron chi connectivity index (χ2n) is 5.59. The summed E-state index contributed by atoms with van der Waals surface area (Å²) in [7, 11) is 0. The number of rotatable bonds is 7. The van der Waals surface area contributed by atoms with Crippen molar-refractivity contribution in [3.8, 4) is 11.5 Å². The van der Waals surface area contributed by atoms with E-state index < -0.39 is 0 Å². The minimum absolute atomic E-state index is 0.635. The van der Waals surface area contributed by atoms with E-state index in [9.17, 15) is 0 Å². The van der Waals surface area contributed by atoms with Crippen molar-refractivity contribution in [2.45, 2.75) is 6.54 Å². The zero-order valence-electron chi connectivity index (χ0n) is 13.6. The molecule has 3 heterocycles. The van der Waals surface area contributed by atoms with Crippen LogP contribution in [-0.4, -0.2) is 33.3 Å². The van der Waals surface area contributed by atoms with Crippen LogP contribution in [0.15, 0.2) is 59.4 Å². The molecule has 25 heavy (non-hydrogen) atoms. The van der Waals surface area contributed by atoms with Crippen molar-refractivity contribution in [3.63, 3.8) is 0 Å². The van der Waals surface area contributed by atoms with Crippen molar-refractivity contribution < 1.29 is 4.42 Å². The molecule has 4 rings (SSSR count). The van der Waals surface area contributed by atoms with Gasteiger partial charge in [0.05, 0.1) is 6.20 Å². The molecular formula is C18H18N6O. The van der Waals surface area contributed by atoms with E-state index in [0.29, 0.717) is 12.5 Å². The first-order valence-corrected chi connectivity index (χ1v) is 8.13. The van der Waals surface area contributed by atoms with E-state index >= 15 is 0 Å². The van der Waals surface area contributed by atoms with Gasteiger partial charge in [-0.25, -0.2) is 9.97 Å². The number of anilines is 1. The molecule has 0 atom stereocenters.